The lowest BCUT2D eigenvalue weighted by Gasteiger charge is -2.10. The largest absolute Gasteiger partial charge is 0.330 e. The van der Waals surface area contributed by atoms with Crippen molar-refractivity contribution in [2.75, 3.05) is 6.54 Å². The Morgan fingerprint density at radius 1 is 1.40 bits per heavy atom. The maximum atomic E-state index is 12.9. The number of rotatable bonds is 3. The molecule has 1 fully saturated rings. The minimum Gasteiger partial charge on any atom is -0.330 e. The Morgan fingerprint density at radius 2 is 2.20 bits per heavy atom. The first-order valence-electron chi connectivity index (χ1n) is 4.18. The Balaban J connectivity index is 2.14. The van der Waals surface area contributed by atoms with Crippen molar-refractivity contribution in [3.8, 4) is 0 Å². The van der Waals surface area contributed by atoms with E-state index in [9.17, 15) is 4.39 Å². The Morgan fingerprint density at radius 3 is 2.70 bits per heavy atom. The lowest BCUT2D eigenvalue weighted by atomic mass is 10.0. The number of halogens is 1. The molecule has 1 aliphatic rings. The normalized spacial score (nSPS) is 33.0. The summed E-state index contributed by atoms with van der Waals surface area (Å²) in [6.45, 7) is 0.712. The van der Waals surface area contributed by atoms with Crippen LogP contribution in [0.4, 0.5) is 4.39 Å². The van der Waals surface area contributed by atoms with Gasteiger partial charge in [0, 0.05) is 0 Å². The number of nitrogens with two attached hydrogens (primary N) is 1. The van der Waals surface area contributed by atoms with Crippen molar-refractivity contribution in [3.63, 3.8) is 0 Å². The molecule has 0 radical (unpaired) electrons. The summed E-state index contributed by atoms with van der Waals surface area (Å²) in [6, 6.07) is 0. The van der Waals surface area contributed by atoms with Gasteiger partial charge in [0.2, 0.25) is 0 Å². The van der Waals surface area contributed by atoms with E-state index in [4.69, 9.17) is 5.73 Å². The molecule has 1 rings (SSSR count). The quantitative estimate of drug-likeness (QED) is 0.644. The second-order valence-electron chi connectivity index (χ2n) is 3.14. The average molecular weight is 145 g/mol. The predicted molar refractivity (Wildman–Crippen MR) is 40.5 cm³/mol. The predicted octanol–water partition coefficient (Wildman–Crippen LogP) is 1.86. The fourth-order valence-corrected chi connectivity index (χ4v) is 1.70. The molecule has 1 aliphatic carbocycles. The monoisotopic (exact) mass is 145 g/mol. The van der Waals surface area contributed by atoms with Gasteiger partial charge in [0.05, 0.1) is 0 Å². The van der Waals surface area contributed by atoms with Crippen LogP contribution in [0, 0.1) is 5.92 Å². The smallest absolute Gasteiger partial charge is 0.103 e. The van der Waals surface area contributed by atoms with Crippen LogP contribution in [0.3, 0.4) is 0 Å². The van der Waals surface area contributed by atoms with Gasteiger partial charge in [-0.3, -0.25) is 0 Å². The highest BCUT2D eigenvalue weighted by atomic mass is 19.1. The summed E-state index contributed by atoms with van der Waals surface area (Å²) in [7, 11) is 0. The number of alkyl halides is 1. The highest BCUT2D eigenvalue weighted by Crippen LogP contribution is 2.31. The third kappa shape index (κ3) is 1.94. The van der Waals surface area contributed by atoms with Crippen LogP contribution < -0.4 is 5.73 Å². The van der Waals surface area contributed by atoms with E-state index in [0.29, 0.717) is 12.5 Å². The molecule has 1 nitrogen and oxygen atoms in total. The van der Waals surface area contributed by atoms with Gasteiger partial charge >= 0.3 is 0 Å². The lowest BCUT2D eigenvalue weighted by molar-refractivity contribution is 0.250. The lowest BCUT2D eigenvalue weighted by Crippen LogP contribution is -2.10. The van der Waals surface area contributed by atoms with Crippen LogP contribution in [0.1, 0.15) is 32.1 Å². The van der Waals surface area contributed by atoms with E-state index in [2.05, 4.69) is 0 Å². The van der Waals surface area contributed by atoms with Crippen molar-refractivity contribution in [1.29, 1.82) is 0 Å². The van der Waals surface area contributed by atoms with Crippen LogP contribution >= 0.6 is 0 Å². The molecule has 0 aliphatic heterocycles. The fraction of sp³-hybridized carbons (Fsp3) is 1.00. The molecule has 0 saturated heterocycles. The zero-order valence-corrected chi connectivity index (χ0v) is 6.35. The van der Waals surface area contributed by atoms with E-state index in [0.717, 1.165) is 32.1 Å². The Labute approximate surface area is 61.8 Å². The Kier molecular flexibility index (Phi) is 3.13. The molecule has 0 amide bonds. The first kappa shape index (κ1) is 7.99. The first-order valence-corrected chi connectivity index (χ1v) is 4.18. The van der Waals surface area contributed by atoms with Crippen molar-refractivity contribution < 1.29 is 4.39 Å². The van der Waals surface area contributed by atoms with E-state index in [-0.39, 0.29) is 0 Å². The van der Waals surface area contributed by atoms with Crippen LogP contribution in [0.25, 0.3) is 0 Å². The van der Waals surface area contributed by atoms with E-state index < -0.39 is 6.17 Å². The van der Waals surface area contributed by atoms with Gasteiger partial charge in [0.15, 0.2) is 0 Å². The third-order valence-corrected chi connectivity index (χ3v) is 2.35. The molecule has 0 spiro atoms. The van der Waals surface area contributed by atoms with Crippen LogP contribution in [0.2, 0.25) is 0 Å². The SMILES string of the molecule is NCCCC1CCCC1F. The van der Waals surface area contributed by atoms with Gasteiger partial charge in [-0.2, -0.15) is 0 Å². The molecule has 10 heavy (non-hydrogen) atoms. The minimum atomic E-state index is -0.522. The topological polar surface area (TPSA) is 26.0 Å². The second-order valence-corrected chi connectivity index (χ2v) is 3.14. The Bertz CT molecular complexity index is 95.3. The molecule has 0 aromatic rings. The van der Waals surface area contributed by atoms with Gasteiger partial charge in [0.25, 0.3) is 0 Å². The van der Waals surface area contributed by atoms with E-state index in [1.54, 1.807) is 0 Å². The number of hydrogen-bond acceptors (Lipinski definition) is 1. The summed E-state index contributed by atoms with van der Waals surface area (Å²) in [4.78, 5) is 0. The van der Waals surface area contributed by atoms with Crippen molar-refractivity contribution in [2.45, 2.75) is 38.3 Å². The summed E-state index contributed by atoms with van der Waals surface area (Å²) in [6.07, 6.45) is 4.42. The first-order chi connectivity index (χ1) is 4.84. The molecule has 2 unspecified atom stereocenters. The van der Waals surface area contributed by atoms with Gasteiger partial charge < -0.3 is 5.73 Å². The average Bonchev–Trinajstić information content (AvgIpc) is 2.31. The zero-order chi connectivity index (χ0) is 7.40. The van der Waals surface area contributed by atoms with Crippen LogP contribution in [-0.2, 0) is 0 Å². The molecule has 0 bridgehead atoms. The number of hydrogen-bond donors (Lipinski definition) is 1. The maximum Gasteiger partial charge on any atom is 0.103 e. The molecular weight excluding hydrogens is 129 g/mol. The molecule has 0 heterocycles. The summed E-state index contributed by atoms with van der Waals surface area (Å²) < 4.78 is 12.9. The van der Waals surface area contributed by atoms with Gasteiger partial charge in [-0.25, -0.2) is 4.39 Å². The van der Waals surface area contributed by atoms with Gasteiger partial charge in [-0.1, -0.05) is 6.42 Å². The summed E-state index contributed by atoms with van der Waals surface area (Å²) >= 11 is 0. The molecule has 0 aromatic carbocycles. The maximum absolute atomic E-state index is 12.9. The van der Waals surface area contributed by atoms with Gasteiger partial charge in [-0.15, -0.1) is 0 Å². The van der Waals surface area contributed by atoms with Gasteiger partial charge in [-0.05, 0) is 38.1 Å². The van der Waals surface area contributed by atoms with E-state index in [1.807, 2.05) is 0 Å². The summed E-state index contributed by atoms with van der Waals surface area (Å²) in [5, 5.41) is 0. The molecule has 2 heteroatoms. The summed E-state index contributed by atoms with van der Waals surface area (Å²) in [5.41, 5.74) is 5.33. The van der Waals surface area contributed by atoms with Crippen LogP contribution in [0.15, 0.2) is 0 Å². The molecule has 2 N–H and O–H groups in total. The molecular formula is C8H16FN. The molecule has 2 atom stereocenters. The van der Waals surface area contributed by atoms with Crippen LogP contribution in [0.5, 0.6) is 0 Å². The second kappa shape index (κ2) is 3.91. The fourth-order valence-electron chi connectivity index (χ4n) is 1.70. The van der Waals surface area contributed by atoms with Crippen molar-refractivity contribution >= 4 is 0 Å². The van der Waals surface area contributed by atoms with Gasteiger partial charge in [0.1, 0.15) is 6.17 Å². The Hall–Kier alpha value is -0.110. The highest BCUT2D eigenvalue weighted by Gasteiger charge is 2.25. The third-order valence-electron chi connectivity index (χ3n) is 2.35. The summed E-state index contributed by atoms with van der Waals surface area (Å²) in [5.74, 6) is 0.337. The molecule has 0 aromatic heterocycles. The van der Waals surface area contributed by atoms with E-state index in [1.165, 1.54) is 0 Å². The highest BCUT2D eigenvalue weighted by molar-refractivity contribution is 4.76. The molecule has 1 saturated carbocycles. The standard InChI is InChI=1S/C8H16FN/c9-8-5-1-3-7(8)4-2-6-10/h7-8H,1-6,10H2. The zero-order valence-electron chi connectivity index (χ0n) is 6.35. The molecule has 60 valence electrons. The van der Waals surface area contributed by atoms with Crippen LogP contribution in [-0.4, -0.2) is 12.7 Å². The van der Waals surface area contributed by atoms with Crippen molar-refractivity contribution in [1.82, 2.24) is 0 Å². The van der Waals surface area contributed by atoms with E-state index >= 15 is 0 Å². The van der Waals surface area contributed by atoms with Crippen molar-refractivity contribution in [3.05, 3.63) is 0 Å². The minimum absolute atomic E-state index is 0.337. The van der Waals surface area contributed by atoms with Crippen molar-refractivity contribution in [2.24, 2.45) is 11.7 Å².